The maximum Gasteiger partial charge on any atom is 0.165 e. The first-order valence-electron chi connectivity index (χ1n) is 3.83. The zero-order valence-electron chi connectivity index (χ0n) is 7.15. The normalized spacial score (nSPS) is 10.5. The lowest BCUT2D eigenvalue weighted by Gasteiger charge is -1.95. The van der Waals surface area contributed by atoms with Gasteiger partial charge in [0.2, 0.25) is 0 Å². The molecule has 0 saturated heterocycles. The summed E-state index contributed by atoms with van der Waals surface area (Å²) in [7, 11) is 0. The first-order valence-corrected chi connectivity index (χ1v) is 3.83. The van der Waals surface area contributed by atoms with Gasteiger partial charge < -0.3 is 5.73 Å². The number of rotatable bonds is 1. The molecule has 5 heteroatoms. The molecular formula is C8H9N5. The van der Waals surface area contributed by atoms with Crippen LogP contribution in [-0.4, -0.2) is 20.4 Å². The highest BCUT2D eigenvalue weighted by atomic mass is 15.2. The van der Waals surface area contributed by atoms with Crippen LogP contribution in [0.4, 0.5) is 0 Å². The Kier molecular flexibility index (Phi) is 1.51. The van der Waals surface area contributed by atoms with E-state index in [-0.39, 0.29) is 5.84 Å². The SMILES string of the molecule is Cc1cnc2c(C(=N)N)cnn2c1. The van der Waals surface area contributed by atoms with Crippen molar-refractivity contribution in [3.8, 4) is 0 Å². The molecule has 0 atom stereocenters. The average molecular weight is 175 g/mol. The Morgan fingerprint density at radius 1 is 1.54 bits per heavy atom. The summed E-state index contributed by atoms with van der Waals surface area (Å²) in [6.45, 7) is 1.93. The monoisotopic (exact) mass is 175 g/mol. The zero-order valence-corrected chi connectivity index (χ0v) is 7.15. The van der Waals surface area contributed by atoms with Gasteiger partial charge in [0, 0.05) is 12.4 Å². The molecule has 0 bridgehead atoms. The third kappa shape index (κ3) is 1.14. The summed E-state index contributed by atoms with van der Waals surface area (Å²) in [6.07, 6.45) is 5.11. The van der Waals surface area contributed by atoms with Gasteiger partial charge in [0.15, 0.2) is 5.65 Å². The third-order valence-corrected chi connectivity index (χ3v) is 1.78. The summed E-state index contributed by atoms with van der Waals surface area (Å²) >= 11 is 0. The highest BCUT2D eigenvalue weighted by molar-refractivity contribution is 6.00. The zero-order chi connectivity index (χ0) is 9.42. The van der Waals surface area contributed by atoms with E-state index in [0.29, 0.717) is 11.2 Å². The van der Waals surface area contributed by atoms with Crippen LogP contribution in [0, 0.1) is 12.3 Å². The van der Waals surface area contributed by atoms with Gasteiger partial charge in [-0.15, -0.1) is 0 Å². The Morgan fingerprint density at radius 3 is 3.00 bits per heavy atom. The Labute approximate surface area is 74.7 Å². The van der Waals surface area contributed by atoms with E-state index in [2.05, 4.69) is 10.1 Å². The summed E-state index contributed by atoms with van der Waals surface area (Å²) in [6, 6.07) is 0. The van der Waals surface area contributed by atoms with Gasteiger partial charge >= 0.3 is 0 Å². The minimum Gasteiger partial charge on any atom is -0.384 e. The van der Waals surface area contributed by atoms with Crippen LogP contribution in [0.25, 0.3) is 5.65 Å². The van der Waals surface area contributed by atoms with E-state index in [9.17, 15) is 0 Å². The lowest BCUT2D eigenvalue weighted by atomic mass is 10.3. The Balaban J connectivity index is 2.76. The van der Waals surface area contributed by atoms with E-state index in [1.54, 1.807) is 16.9 Å². The second kappa shape index (κ2) is 2.55. The molecule has 0 aliphatic rings. The fourth-order valence-corrected chi connectivity index (χ4v) is 1.16. The fourth-order valence-electron chi connectivity index (χ4n) is 1.16. The average Bonchev–Trinajstić information content (AvgIpc) is 2.46. The van der Waals surface area contributed by atoms with Crippen LogP contribution < -0.4 is 5.73 Å². The van der Waals surface area contributed by atoms with Gasteiger partial charge in [-0.3, -0.25) is 5.41 Å². The molecule has 2 aromatic rings. The van der Waals surface area contributed by atoms with Crippen molar-refractivity contribution in [2.45, 2.75) is 6.92 Å². The number of nitrogens with one attached hydrogen (secondary N) is 1. The molecule has 0 unspecified atom stereocenters. The fraction of sp³-hybridized carbons (Fsp3) is 0.125. The van der Waals surface area contributed by atoms with Crippen molar-refractivity contribution in [1.29, 1.82) is 5.41 Å². The highest BCUT2D eigenvalue weighted by Crippen LogP contribution is 2.06. The van der Waals surface area contributed by atoms with E-state index in [1.165, 1.54) is 0 Å². The van der Waals surface area contributed by atoms with Crippen molar-refractivity contribution in [1.82, 2.24) is 14.6 Å². The van der Waals surface area contributed by atoms with Gasteiger partial charge in [-0.05, 0) is 12.5 Å². The smallest absolute Gasteiger partial charge is 0.165 e. The maximum atomic E-state index is 7.27. The summed E-state index contributed by atoms with van der Waals surface area (Å²) in [5, 5.41) is 11.3. The molecule has 0 saturated carbocycles. The second-order valence-electron chi connectivity index (χ2n) is 2.87. The number of nitrogen functional groups attached to an aromatic ring is 1. The summed E-state index contributed by atoms with van der Waals surface area (Å²) in [5.74, 6) is -0.00801. The number of nitrogens with zero attached hydrogens (tertiary/aromatic N) is 3. The number of hydrogen-bond acceptors (Lipinski definition) is 3. The van der Waals surface area contributed by atoms with Crippen LogP contribution in [0.15, 0.2) is 18.6 Å². The minimum atomic E-state index is -0.00801. The molecule has 2 heterocycles. The predicted octanol–water partition coefficient (Wildman–Crippen LogP) is 0.322. The van der Waals surface area contributed by atoms with Crippen LogP contribution in [0.5, 0.6) is 0 Å². The number of hydrogen-bond donors (Lipinski definition) is 2. The largest absolute Gasteiger partial charge is 0.384 e. The van der Waals surface area contributed by atoms with Gasteiger partial charge in [-0.2, -0.15) is 5.10 Å². The summed E-state index contributed by atoms with van der Waals surface area (Å²) in [4.78, 5) is 4.14. The lowest BCUT2D eigenvalue weighted by molar-refractivity contribution is 0.928. The highest BCUT2D eigenvalue weighted by Gasteiger charge is 2.06. The number of aryl methyl sites for hydroxylation is 1. The first kappa shape index (κ1) is 7.72. The molecule has 0 spiro atoms. The van der Waals surface area contributed by atoms with E-state index in [4.69, 9.17) is 11.1 Å². The van der Waals surface area contributed by atoms with Gasteiger partial charge in [-0.25, -0.2) is 9.50 Å². The van der Waals surface area contributed by atoms with Crippen LogP contribution >= 0.6 is 0 Å². The summed E-state index contributed by atoms with van der Waals surface area (Å²) < 4.78 is 1.62. The maximum absolute atomic E-state index is 7.27. The van der Waals surface area contributed by atoms with E-state index < -0.39 is 0 Å². The number of aromatic nitrogens is 3. The molecule has 0 radical (unpaired) electrons. The van der Waals surface area contributed by atoms with Crippen molar-refractivity contribution in [3.05, 3.63) is 29.7 Å². The van der Waals surface area contributed by atoms with Crippen LogP contribution in [-0.2, 0) is 0 Å². The van der Waals surface area contributed by atoms with Crippen LogP contribution in [0.2, 0.25) is 0 Å². The Morgan fingerprint density at radius 2 is 2.31 bits per heavy atom. The van der Waals surface area contributed by atoms with Crippen LogP contribution in [0.3, 0.4) is 0 Å². The van der Waals surface area contributed by atoms with Gasteiger partial charge in [0.25, 0.3) is 0 Å². The molecular weight excluding hydrogens is 166 g/mol. The molecule has 0 aliphatic carbocycles. The van der Waals surface area contributed by atoms with E-state index in [1.807, 2.05) is 13.1 Å². The molecule has 0 fully saturated rings. The molecule has 66 valence electrons. The van der Waals surface area contributed by atoms with Crippen molar-refractivity contribution >= 4 is 11.5 Å². The molecule has 0 amide bonds. The second-order valence-corrected chi connectivity index (χ2v) is 2.87. The van der Waals surface area contributed by atoms with Gasteiger partial charge in [0.05, 0.1) is 11.8 Å². The number of fused-ring (bicyclic) bond motifs is 1. The van der Waals surface area contributed by atoms with Crippen LogP contribution in [0.1, 0.15) is 11.1 Å². The molecule has 5 nitrogen and oxygen atoms in total. The number of nitrogens with two attached hydrogens (primary N) is 1. The molecule has 2 rings (SSSR count). The van der Waals surface area contributed by atoms with Crippen molar-refractivity contribution in [2.24, 2.45) is 5.73 Å². The van der Waals surface area contributed by atoms with Crippen molar-refractivity contribution in [3.63, 3.8) is 0 Å². The molecule has 0 aliphatic heterocycles. The predicted molar refractivity (Wildman–Crippen MR) is 48.7 cm³/mol. The first-order chi connectivity index (χ1) is 6.18. The molecule has 2 aromatic heterocycles. The standard InChI is InChI=1S/C8H9N5/c1-5-2-11-8-6(7(9)10)3-12-13(8)4-5/h2-4H,1H3,(H3,9,10). The molecule has 3 N–H and O–H groups in total. The van der Waals surface area contributed by atoms with Gasteiger partial charge in [0.1, 0.15) is 5.84 Å². The van der Waals surface area contributed by atoms with E-state index >= 15 is 0 Å². The van der Waals surface area contributed by atoms with E-state index in [0.717, 1.165) is 5.56 Å². The lowest BCUT2D eigenvalue weighted by Crippen LogP contribution is -2.10. The Bertz CT molecular complexity index is 470. The molecule has 13 heavy (non-hydrogen) atoms. The van der Waals surface area contributed by atoms with Gasteiger partial charge in [-0.1, -0.05) is 0 Å². The summed E-state index contributed by atoms with van der Waals surface area (Å²) in [5.41, 5.74) is 7.56. The molecule has 0 aromatic carbocycles. The third-order valence-electron chi connectivity index (χ3n) is 1.78. The number of amidine groups is 1. The van der Waals surface area contributed by atoms with Crippen molar-refractivity contribution in [2.75, 3.05) is 0 Å². The quantitative estimate of drug-likeness (QED) is 0.484. The Hall–Kier alpha value is -1.91. The minimum absolute atomic E-state index is 0.00801. The topological polar surface area (TPSA) is 80.1 Å². The van der Waals surface area contributed by atoms with Crippen molar-refractivity contribution < 1.29 is 0 Å².